The van der Waals surface area contributed by atoms with E-state index in [-0.39, 0.29) is 42.2 Å². The number of carbonyl (C=O) groups excluding carboxylic acids is 1. The first-order valence-corrected chi connectivity index (χ1v) is 18.1. The summed E-state index contributed by atoms with van der Waals surface area (Å²) in [5.74, 6) is -5.71. The average molecular weight is 773 g/mol. The number of nitrogens with zero attached hydrogens (tertiary/aromatic N) is 3. The molecular weight excluding hydrogens is 735 g/mol. The lowest BCUT2D eigenvalue weighted by atomic mass is 9.91. The van der Waals surface area contributed by atoms with Gasteiger partial charge < -0.3 is 28.4 Å². The summed E-state index contributed by atoms with van der Waals surface area (Å²) in [4.78, 5) is 19.8. The molecule has 4 aromatic carbocycles. The summed E-state index contributed by atoms with van der Waals surface area (Å²) >= 11 is 0. The SMILES string of the molecule is COC(=O)C1(OCc2ccccc2)C=CC=CC1Oc1c(F)c(Oc2cc(C#N)ccc2OCc2ccccc2)nc(Oc2ccccc2C2NCCN2C)c1F. The lowest BCUT2D eigenvalue weighted by Gasteiger charge is -2.35. The molecule has 2 heterocycles. The van der Waals surface area contributed by atoms with E-state index in [0.717, 1.165) is 17.7 Å². The summed E-state index contributed by atoms with van der Waals surface area (Å²) in [6.07, 6.45) is 4.20. The van der Waals surface area contributed by atoms with E-state index >= 15 is 8.78 Å². The zero-order valence-electron chi connectivity index (χ0n) is 31.1. The third-order valence-corrected chi connectivity index (χ3v) is 9.39. The maximum Gasteiger partial charge on any atom is 0.346 e. The number of carbonyl (C=O) groups is 1. The lowest BCUT2D eigenvalue weighted by Crippen LogP contribution is -2.53. The van der Waals surface area contributed by atoms with E-state index in [0.29, 0.717) is 12.1 Å². The quantitative estimate of drug-likeness (QED) is 0.111. The van der Waals surface area contributed by atoms with Crippen LogP contribution in [0, 0.1) is 23.0 Å². The second kappa shape index (κ2) is 17.5. The summed E-state index contributed by atoms with van der Waals surface area (Å²) in [7, 11) is 3.11. The fraction of sp³-hybridized carbons (Fsp3) is 0.205. The molecule has 1 saturated heterocycles. The van der Waals surface area contributed by atoms with E-state index in [1.54, 1.807) is 36.4 Å². The predicted molar refractivity (Wildman–Crippen MR) is 205 cm³/mol. The van der Waals surface area contributed by atoms with E-state index < -0.39 is 46.8 Å². The third kappa shape index (κ3) is 8.48. The summed E-state index contributed by atoms with van der Waals surface area (Å²) < 4.78 is 69.4. The maximum absolute atomic E-state index is 16.9. The average Bonchev–Trinajstić information content (AvgIpc) is 3.68. The van der Waals surface area contributed by atoms with Crippen LogP contribution in [0.4, 0.5) is 8.78 Å². The normalized spacial score (nSPS) is 18.8. The van der Waals surface area contributed by atoms with Crippen LogP contribution in [0.2, 0.25) is 0 Å². The van der Waals surface area contributed by atoms with E-state index in [4.69, 9.17) is 28.4 Å². The highest BCUT2D eigenvalue weighted by Gasteiger charge is 2.49. The van der Waals surface area contributed by atoms with Crippen LogP contribution in [0.1, 0.15) is 28.4 Å². The molecule has 2 aliphatic rings. The number of allylic oxidation sites excluding steroid dienone is 2. The van der Waals surface area contributed by atoms with Crippen molar-refractivity contribution in [2.75, 3.05) is 27.2 Å². The van der Waals surface area contributed by atoms with Gasteiger partial charge in [-0.15, -0.1) is 0 Å². The minimum absolute atomic E-state index is 0.0700. The van der Waals surface area contributed by atoms with Gasteiger partial charge in [0, 0.05) is 24.7 Å². The molecule has 5 aromatic rings. The molecule has 0 amide bonds. The molecule has 1 aromatic heterocycles. The monoisotopic (exact) mass is 772 g/mol. The number of halogens is 2. The van der Waals surface area contributed by atoms with E-state index in [1.165, 1.54) is 37.5 Å². The van der Waals surface area contributed by atoms with Gasteiger partial charge in [0.15, 0.2) is 17.6 Å². The van der Waals surface area contributed by atoms with Crippen LogP contribution < -0.4 is 24.3 Å². The van der Waals surface area contributed by atoms with Gasteiger partial charge >= 0.3 is 5.97 Å². The van der Waals surface area contributed by atoms with E-state index in [2.05, 4.69) is 15.2 Å². The largest absolute Gasteiger partial charge is 0.485 e. The second-order valence-corrected chi connectivity index (χ2v) is 13.1. The number of ether oxygens (including phenoxy) is 6. The molecule has 0 bridgehead atoms. The van der Waals surface area contributed by atoms with Crippen molar-refractivity contribution in [2.45, 2.75) is 31.1 Å². The Kier molecular flexibility index (Phi) is 11.9. The van der Waals surface area contributed by atoms with Gasteiger partial charge in [0.25, 0.3) is 11.8 Å². The number of benzene rings is 4. The number of hydrogen-bond donors (Lipinski definition) is 1. The fourth-order valence-electron chi connectivity index (χ4n) is 6.41. The number of methoxy groups -OCH3 is 1. The van der Waals surface area contributed by atoms with Crippen molar-refractivity contribution in [2.24, 2.45) is 0 Å². The van der Waals surface area contributed by atoms with Crippen LogP contribution in [-0.4, -0.2) is 54.8 Å². The molecule has 0 radical (unpaired) electrons. The van der Waals surface area contributed by atoms with Crippen LogP contribution in [0.5, 0.6) is 34.8 Å². The van der Waals surface area contributed by atoms with Gasteiger partial charge in [0.2, 0.25) is 23.0 Å². The number of likely N-dealkylation sites (N-methyl/N-ethyl adjacent to an activating group) is 1. The summed E-state index contributed by atoms with van der Waals surface area (Å²) in [5.41, 5.74) is 0.428. The fourth-order valence-corrected chi connectivity index (χ4v) is 6.41. The van der Waals surface area contributed by atoms with Crippen LogP contribution in [-0.2, 0) is 27.5 Å². The highest BCUT2D eigenvalue weighted by Crippen LogP contribution is 2.43. The Morgan fingerprint density at radius 3 is 2.21 bits per heavy atom. The number of nitriles is 1. The number of aromatic nitrogens is 1. The highest BCUT2D eigenvalue weighted by atomic mass is 19.1. The predicted octanol–water partition coefficient (Wildman–Crippen LogP) is 7.93. The molecule has 7 rings (SSSR count). The molecule has 290 valence electrons. The molecule has 57 heavy (non-hydrogen) atoms. The molecule has 1 aliphatic heterocycles. The van der Waals surface area contributed by atoms with Gasteiger partial charge in [-0.05, 0) is 48.5 Å². The lowest BCUT2D eigenvalue weighted by molar-refractivity contribution is -0.173. The molecule has 0 spiro atoms. The summed E-state index contributed by atoms with van der Waals surface area (Å²) in [5, 5.41) is 13.1. The highest BCUT2D eigenvalue weighted by molar-refractivity contribution is 5.84. The van der Waals surface area contributed by atoms with Gasteiger partial charge in [-0.3, -0.25) is 10.2 Å². The van der Waals surface area contributed by atoms with Crippen molar-refractivity contribution in [3.05, 3.63) is 161 Å². The smallest absolute Gasteiger partial charge is 0.346 e. The summed E-state index contributed by atoms with van der Waals surface area (Å²) in [6, 6.07) is 31.7. The topological polar surface area (TPSA) is 124 Å². The summed E-state index contributed by atoms with van der Waals surface area (Å²) in [6.45, 7) is 1.51. The van der Waals surface area contributed by atoms with Crippen LogP contribution in [0.3, 0.4) is 0 Å². The zero-order valence-corrected chi connectivity index (χ0v) is 31.1. The van der Waals surface area contributed by atoms with E-state index in [1.807, 2.05) is 73.8 Å². The number of pyridine rings is 1. The van der Waals surface area contributed by atoms with Gasteiger partial charge in [-0.1, -0.05) is 91.0 Å². The number of nitrogens with one attached hydrogen (secondary N) is 1. The van der Waals surface area contributed by atoms with Gasteiger partial charge in [-0.25, -0.2) is 4.79 Å². The van der Waals surface area contributed by atoms with Crippen molar-refractivity contribution < 1.29 is 42.0 Å². The minimum Gasteiger partial charge on any atom is -0.485 e. The molecule has 1 aliphatic carbocycles. The van der Waals surface area contributed by atoms with Crippen molar-refractivity contribution in [3.63, 3.8) is 0 Å². The molecule has 0 saturated carbocycles. The Morgan fingerprint density at radius 2 is 1.54 bits per heavy atom. The number of hydrogen-bond acceptors (Lipinski definition) is 11. The molecule has 13 heteroatoms. The third-order valence-electron chi connectivity index (χ3n) is 9.39. The van der Waals surface area contributed by atoms with Crippen LogP contribution in [0.25, 0.3) is 0 Å². The maximum atomic E-state index is 16.9. The Hall–Kier alpha value is -6.59. The van der Waals surface area contributed by atoms with Crippen molar-refractivity contribution in [3.8, 4) is 40.8 Å². The first-order chi connectivity index (χ1) is 27.8. The Bertz CT molecular complexity index is 2320. The van der Waals surface area contributed by atoms with Crippen molar-refractivity contribution in [1.29, 1.82) is 5.26 Å². The Balaban J connectivity index is 1.31. The number of rotatable bonds is 14. The second-order valence-electron chi connectivity index (χ2n) is 13.1. The van der Waals surface area contributed by atoms with Crippen molar-refractivity contribution >= 4 is 5.97 Å². The molecule has 1 fully saturated rings. The first-order valence-electron chi connectivity index (χ1n) is 18.1. The van der Waals surface area contributed by atoms with E-state index in [9.17, 15) is 10.1 Å². The molecule has 3 atom stereocenters. The minimum atomic E-state index is -1.98. The Labute approximate surface area is 328 Å². The molecular formula is C44H38F2N4O7. The van der Waals surface area contributed by atoms with Gasteiger partial charge in [0.05, 0.1) is 31.5 Å². The standard InChI is InChI=1S/C44H38F2N4O7/c1-50-24-23-48-40(50)32-17-9-10-18-33(32)55-41-37(45)39(57-36-19-11-12-22-44(36,43(51)52-2)54-28-30-15-7-4-8-16-30)38(46)42(49-41)56-35-25-31(26-47)20-21-34(35)53-27-29-13-5-3-6-14-29/h3-22,25,36,40,48H,23-24,27-28H2,1-2H3. The first kappa shape index (κ1) is 38.7. The van der Waals surface area contributed by atoms with Gasteiger partial charge in [0.1, 0.15) is 12.4 Å². The van der Waals surface area contributed by atoms with Gasteiger partial charge in [-0.2, -0.15) is 19.0 Å². The van der Waals surface area contributed by atoms with Crippen LogP contribution in [0.15, 0.2) is 127 Å². The number of para-hydroxylation sites is 1. The molecule has 11 nitrogen and oxygen atoms in total. The van der Waals surface area contributed by atoms with Crippen molar-refractivity contribution in [1.82, 2.24) is 15.2 Å². The zero-order chi connectivity index (χ0) is 39.8. The molecule has 3 unspecified atom stereocenters. The number of esters is 1. The Morgan fingerprint density at radius 1 is 0.877 bits per heavy atom. The molecule has 1 N–H and O–H groups in total. The van der Waals surface area contributed by atoms with Crippen LogP contribution >= 0.6 is 0 Å².